The molecule has 0 aliphatic heterocycles. The second-order valence-corrected chi connectivity index (χ2v) is 24.3. The van der Waals surface area contributed by atoms with E-state index in [0.717, 1.165) is 122 Å². The number of nitrogens with zero attached hydrogens (tertiary/aromatic N) is 8. The van der Waals surface area contributed by atoms with Gasteiger partial charge in [-0.3, -0.25) is 0 Å². The van der Waals surface area contributed by atoms with E-state index in [4.69, 9.17) is 21.5 Å². The molecule has 17 rings (SSSR count). The molecule has 0 spiro atoms. The Balaban J connectivity index is 0.916. The molecule has 0 fully saturated rings. The van der Waals surface area contributed by atoms with E-state index >= 15 is 0 Å². The number of aromatic nitrogens is 5. The highest BCUT2D eigenvalue weighted by Gasteiger charge is 2.25. The molecule has 3 aromatic heterocycles. The van der Waals surface area contributed by atoms with Gasteiger partial charge in [-0.1, -0.05) is 231 Å². The van der Waals surface area contributed by atoms with Gasteiger partial charge in [0.25, 0.3) is 0 Å². The van der Waals surface area contributed by atoms with E-state index in [9.17, 15) is 10.5 Å². The summed E-state index contributed by atoms with van der Waals surface area (Å²) in [6, 6.07) is 117. The van der Waals surface area contributed by atoms with Crippen molar-refractivity contribution < 1.29 is 0 Å². The van der Waals surface area contributed by atoms with Gasteiger partial charge in [0, 0.05) is 60.7 Å². The van der Waals surface area contributed by atoms with Crippen molar-refractivity contribution in [2.45, 2.75) is 0 Å². The minimum atomic E-state index is 0.351. The first-order valence-electron chi connectivity index (χ1n) is 32.5. The summed E-state index contributed by atoms with van der Waals surface area (Å²) in [4.78, 5) is 20.8. The van der Waals surface area contributed by atoms with E-state index in [0.29, 0.717) is 62.1 Å². The standard InChI is InChI=1S/C90H54N8/c1-93-83-37-21-20-35-73(83)78-55-69(98-86-48-40-64(60-26-10-4-11-27-60)52-81(86)82-53-65(41-49-87(82)98)61-28-12-5-13-29-61)43-45-76(78)90-95-88(74-36-19-18-34-72(74)70-32-16-14-30-66(70)56-91)94-89(96-90)75-44-42-68(54-77(75)71-33-17-15-31-67(71)57-92)97-84-46-38-62(58-22-6-2-7-23-58)50-79(84)80-51-63(39-47-85(80)97)59-24-8-3-9-25-59/h2-55H. The van der Waals surface area contributed by atoms with Gasteiger partial charge in [-0.05, 0) is 164 Å². The monoisotopic (exact) mass is 1250 g/mol. The van der Waals surface area contributed by atoms with Crippen molar-refractivity contribution in [1.29, 1.82) is 10.5 Å². The van der Waals surface area contributed by atoms with Crippen LogP contribution in [-0.4, -0.2) is 24.1 Å². The van der Waals surface area contributed by atoms with E-state index in [1.54, 1.807) is 0 Å². The third-order valence-corrected chi connectivity index (χ3v) is 18.8. The minimum Gasteiger partial charge on any atom is -0.309 e. The zero-order chi connectivity index (χ0) is 65.6. The van der Waals surface area contributed by atoms with Gasteiger partial charge in [0.2, 0.25) is 0 Å². The number of benzene rings is 14. The number of hydrogen-bond acceptors (Lipinski definition) is 5. The Bertz CT molecular complexity index is 5630. The molecule has 0 atom stereocenters. The van der Waals surface area contributed by atoms with Crippen LogP contribution in [0.5, 0.6) is 0 Å². The molecule has 0 amide bonds. The summed E-state index contributed by atoms with van der Waals surface area (Å²) in [6.45, 7) is 8.65. The van der Waals surface area contributed by atoms with Crippen LogP contribution >= 0.6 is 0 Å². The molecular formula is C90H54N8. The number of fused-ring (bicyclic) bond motifs is 6. The van der Waals surface area contributed by atoms with Gasteiger partial charge in [-0.25, -0.2) is 19.8 Å². The van der Waals surface area contributed by atoms with Crippen LogP contribution < -0.4 is 0 Å². The van der Waals surface area contributed by atoms with Crippen LogP contribution in [0.2, 0.25) is 0 Å². The number of nitriles is 2. The van der Waals surface area contributed by atoms with Crippen LogP contribution in [0.3, 0.4) is 0 Å². The van der Waals surface area contributed by atoms with Gasteiger partial charge < -0.3 is 9.13 Å². The van der Waals surface area contributed by atoms with Crippen molar-refractivity contribution in [1.82, 2.24) is 24.1 Å². The van der Waals surface area contributed by atoms with Gasteiger partial charge in [-0.2, -0.15) is 10.5 Å². The first-order valence-corrected chi connectivity index (χ1v) is 32.5. The van der Waals surface area contributed by atoms with E-state index in [2.05, 4.69) is 232 Å². The number of rotatable bonds is 12. The van der Waals surface area contributed by atoms with Crippen molar-refractivity contribution in [3.63, 3.8) is 0 Å². The maximum absolute atomic E-state index is 11.1. The molecule has 14 aromatic carbocycles. The molecule has 17 aromatic rings. The summed E-state index contributed by atoms with van der Waals surface area (Å²) in [5.74, 6) is 1.07. The first-order chi connectivity index (χ1) is 48.5. The summed E-state index contributed by atoms with van der Waals surface area (Å²) >= 11 is 0. The average Bonchev–Trinajstić information content (AvgIpc) is 1.50. The molecular weight excluding hydrogens is 1190 g/mol. The van der Waals surface area contributed by atoms with E-state index in [1.807, 2.05) is 121 Å². The SMILES string of the molecule is [C-]#[N+]c1ccccc1-c1cc(-n2c3ccc(-c4ccccc4)cc3c3cc(-c4ccccc4)ccc32)ccc1-c1nc(-c2ccccc2-c2ccccc2C#N)nc(-c2ccc(-n3c4ccc(-c5ccccc5)cc4c4cc(-c5ccccc5)ccc43)cc2-c2ccccc2C#N)n1. The fourth-order valence-electron chi connectivity index (χ4n) is 14.1. The van der Waals surface area contributed by atoms with Gasteiger partial charge >= 0.3 is 0 Å². The zero-order valence-corrected chi connectivity index (χ0v) is 52.8. The molecule has 0 radical (unpaired) electrons. The molecule has 0 aliphatic carbocycles. The third-order valence-electron chi connectivity index (χ3n) is 18.8. The summed E-state index contributed by atoms with van der Waals surface area (Å²) in [5.41, 5.74) is 22.6. The van der Waals surface area contributed by atoms with E-state index in [1.165, 1.54) is 0 Å². The molecule has 8 nitrogen and oxygen atoms in total. The molecule has 8 heteroatoms. The Morgan fingerprint density at radius 3 is 0.918 bits per heavy atom. The van der Waals surface area contributed by atoms with Crippen molar-refractivity contribution in [2.24, 2.45) is 0 Å². The van der Waals surface area contributed by atoms with E-state index < -0.39 is 0 Å². The molecule has 0 N–H and O–H groups in total. The maximum Gasteiger partial charge on any atom is 0.194 e. The second-order valence-electron chi connectivity index (χ2n) is 24.3. The highest BCUT2D eigenvalue weighted by molar-refractivity contribution is 6.13. The van der Waals surface area contributed by atoms with Gasteiger partial charge in [0.15, 0.2) is 23.2 Å². The van der Waals surface area contributed by atoms with Crippen molar-refractivity contribution in [3.05, 3.63) is 350 Å². The fourth-order valence-corrected chi connectivity index (χ4v) is 14.1. The van der Waals surface area contributed by atoms with Crippen LogP contribution in [0, 0.1) is 29.2 Å². The van der Waals surface area contributed by atoms with Crippen molar-refractivity contribution in [2.75, 3.05) is 0 Å². The van der Waals surface area contributed by atoms with E-state index in [-0.39, 0.29) is 0 Å². The lowest BCUT2D eigenvalue weighted by molar-refractivity contribution is 1.07. The lowest BCUT2D eigenvalue weighted by Crippen LogP contribution is -2.04. The molecule has 3 heterocycles. The Hall–Kier alpha value is -13.8. The lowest BCUT2D eigenvalue weighted by atomic mass is 9.93. The molecule has 454 valence electrons. The molecule has 0 saturated carbocycles. The molecule has 0 saturated heterocycles. The molecule has 0 unspecified atom stereocenters. The van der Waals surface area contributed by atoms with Gasteiger partial charge in [0.05, 0.1) is 51.9 Å². The largest absolute Gasteiger partial charge is 0.309 e. The topological polar surface area (TPSA) is 100 Å². The summed E-state index contributed by atoms with van der Waals surface area (Å²) in [7, 11) is 0. The lowest BCUT2D eigenvalue weighted by Gasteiger charge is -2.18. The summed E-state index contributed by atoms with van der Waals surface area (Å²) in [5, 5.41) is 26.0. The Morgan fingerprint density at radius 2 is 0.551 bits per heavy atom. The van der Waals surface area contributed by atoms with Crippen LogP contribution in [0.4, 0.5) is 5.69 Å². The van der Waals surface area contributed by atoms with Gasteiger partial charge in [0.1, 0.15) is 0 Å². The second kappa shape index (κ2) is 24.6. The van der Waals surface area contributed by atoms with Crippen LogP contribution in [0.25, 0.3) is 172 Å². The Labute approximate surface area is 566 Å². The van der Waals surface area contributed by atoms with Crippen molar-refractivity contribution in [3.8, 4) is 136 Å². The summed E-state index contributed by atoms with van der Waals surface area (Å²) in [6.07, 6.45) is 0. The average molecular weight is 1250 g/mol. The predicted molar refractivity (Wildman–Crippen MR) is 399 cm³/mol. The quantitative estimate of drug-likeness (QED) is 0.113. The maximum atomic E-state index is 11.1. The third kappa shape index (κ3) is 10.2. The fraction of sp³-hybridized carbons (Fsp3) is 0. The molecule has 98 heavy (non-hydrogen) atoms. The summed E-state index contributed by atoms with van der Waals surface area (Å²) < 4.78 is 4.63. The minimum absolute atomic E-state index is 0.351. The molecule has 0 bridgehead atoms. The number of hydrogen-bond donors (Lipinski definition) is 0. The van der Waals surface area contributed by atoms with Crippen LogP contribution in [0.1, 0.15) is 11.1 Å². The normalized spacial score (nSPS) is 11.2. The highest BCUT2D eigenvalue weighted by Crippen LogP contribution is 2.46. The highest BCUT2D eigenvalue weighted by atomic mass is 15.0. The van der Waals surface area contributed by atoms with Crippen LogP contribution in [-0.2, 0) is 0 Å². The van der Waals surface area contributed by atoms with Crippen LogP contribution in [0.15, 0.2) is 328 Å². The number of para-hydroxylation sites is 1. The molecule has 0 aliphatic rings. The zero-order valence-electron chi connectivity index (χ0n) is 52.8. The Morgan fingerprint density at radius 1 is 0.255 bits per heavy atom. The van der Waals surface area contributed by atoms with Gasteiger partial charge in [-0.15, -0.1) is 0 Å². The predicted octanol–water partition coefficient (Wildman–Crippen LogP) is 23.0. The smallest absolute Gasteiger partial charge is 0.194 e. The first kappa shape index (κ1) is 58.0. The van der Waals surface area contributed by atoms with Crippen molar-refractivity contribution >= 4 is 49.3 Å². The Kier molecular flexibility index (Phi) is 14.5.